The maximum absolute atomic E-state index is 6.09. The van der Waals surface area contributed by atoms with Crippen molar-refractivity contribution in [3.05, 3.63) is 24.3 Å². The fraction of sp³-hybridized carbons (Fsp3) is 0.806. The SMILES string of the molecule is CCCCCC[C@H]1CC[C@H](CCCOc2ccc(OC[C@H]3CC[C@H](CCC)CC3)cc2)CC1. The quantitative estimate of drug-likeness (QED) is 0.245. The van der Waals surface area contributed by atoms with E-state index in [0.717, 1.165) is 48.4 Å². The Morgan fingerprint density at radius 3 is 1.64 bits per heavy atom. The summed E-state index contributed by atoms with van der Waals surface area (Å²) in [4.78, 5) is 0. The van der Waals surface area contributed by atoms with Gasteiger partial charge in [0.25, 0.3) is 0 Å². The molecule has 0 heterocycles. The normalized spacial score (nSPS) is 25.6. The fourth-order valence-corrected chi connectivity index (χ4v) is 6.17. The third kappa shape index (κ3) is 10.3. The van der Waals surface area contributed by atoms with Crippen LogP contribution in [0, 0.1) is 23.7 Å². The van der Waals surface area contributed by atoms with Crippen molar-refractivity contribution < 1.29 is 9.47 Å². The minimum Gasteiger partial charge on any atom is -0.494 e. The van der Waals surface area contributed by atoms with Gasteiger partial charge in [0, 0.05) is 0 Å². The topological polar surface area (TPSA) is 18.5 Å². The summed E-state index contributed by atoms with van der Waals surface area (Å²) in [5.41, 5.74) is 0. The molecule has 33 heavy (non-hydrogen) atoms. The second-order valence-corrected chi connectivity index (χ2v) is 11.2. The summed E-state index contributed by atoms with van der Waals surface area (Å²) in [6, 6.07) is 8.33. The molecular weight excluding hydrogens is 404 g/mol. The minimum absolute atomic E-state index is 0.741. The van der Waals surface area contributed by atoms with Gasteiger partial charge in [-0.1, -0.05) is 97.3 Å². The lowest BCUT2D eigenvalue weighted by molar-refractivity contribution is 0.178. The zero-order valence-electron chi connectivity index (χ0n) is 21.9. The second kappa shape index (κ2) is 15.7. The van der Waals surface area contributed by atoms with Crippen LogP contribution in [0.15, 0.2) is 24.3 Å². The van der Waals surface area contributed by atoms with Crippen LogP contribution in [0.3, 0.4) is 0 Å². The zero-order valence-corrected chi connectivity index (χ0v) is 21.9. The average Bonchev–Trinajstić information content (AvgIpc) is 2.86. The number of ether oxygens (including phenoxy) is 2. The molecule has 2 heteroatoms. The van der Waals surface area contributed by atoms with E-state index in [1.165, 1.54) is 109 Å². The molecule has 2 aliphatic carbocycles. The highest BCUT2D eigenvalue weighted by atomic mass is 16.5. The number of hydrogen-bond donors (Lipinski definition) is 0. The Labute approximate surface area is 205 Å². The molecule has 0 N–H and O–H groups in total. The lowest BCUT2D eigenvalue weighted by Crippen LogP contribution is -2.20. The van der Waals surface area contributed by atoms with Gasteiger partial charge in [0.1, 0.15) is 11.5 Å². The van der Waals surface area contributed by atoms with E-state index in [0.29, 0.717) is 0 Å². The molecule has 0 radical (unpaired) electrons. The molecule has 2 fully saturated rings. The van der Waals surface area contributed by atoms with Crippen LogP contribution in [-0.4, -0.2) is 13.2 Å². The van der Waals surface area contributed by atoms with E-state index in [-0.39, 0.29) is 0 Å². The summed E-state index contributed by atoms with van der Waals surface area (Å²) in [5, 5.41) is 0. The standard InChI is InChI=1S/C31H52O2/c1-3-5-6-7-10-27-12-14-28(15-13-27)11-8-24-32-30-20-22-31(23-21-30)33-25-29-18-16-26(9-4-2)17-19-29/h20-23,26-29H,3-19,24-25H2,1-2H3/t26-,27-,28-,29-. The Hall–Kier alpha value is -1.18. The van der Waals surface area contributed by atoms with Crippen molar-refractivity contribution in [3.8, 4) is 11.5 Å². The molecule has 0 atom stereocenters. The van der Waals surface area contributed by atoms with Crippen molar-refractivity contribution in [2.45, 2.75) is 123 Å². The molecule has 188 valence electrons. The van der Waals surface area contributed by atoms with Gasteiger partial charge in [-0.3, -0.25) is 0 Å². The van der Waals surface area contributed by atoms with Gasteiger partial charge in [0.05, 0.1) is 13.2 Å². The highest BCUT2D eigenvalue weighted by molar-refractivity contribution is 5.31. The summed E-state index contributed by atoms with van der Waals surface area (Å²) in [6.07, 6.45) is 23.7. The van der Waals surface area contributed by atoms with Gasteiger partial charge >= 0.3 is 0 Å². The summed E-state index contributed by atoms with van der Waals surface area (Å²) >= 11 is 0. The van der Waals surface area contributed by atoms with Gasteiger partial charge in [0.15, 0.2) is 0 Å². The largest absolute Gasteiger partial charge is 0.494 e. The molecule has 1 aromatic rings. The monoisotopic (exact) mass is 456 g/mol. The van der Waals surface area contributed by atoms with Gasteiger partial charge in [-0.25, -0.2) is 0 Å². The summed E-state index contributed by atoms with van der Waals surface area (Å²) in [7, 11) is 0. The van der Waals surface area contributed by atoms with Crippen LogP contribution in [0.25, 0.3) is 0 Å². The van der Waals surface area contributed by atoms with Crippen molar-refractivity contribution in [1.82, 2.24) is 0 Å². The molecule has 0 spiro atoms. The van der Waals surface area contributed by atoms with Crippen molar-refractivity contribution in [2.75, 3.05) is 13.2 Å². The Bertz CT molecular complexity index is 594. The predicted molar refractivity (Wildman–Crippen MR) is 141 cm³/mol. The third-order valence-corrected chi connectivity index (χ3v) is 8.43. The van der Waals surface area contributed by atoms with E-state index in [9.17, 15) is 0 Å². The Kier molecular flexibility index (Phi) is 12.5. The number of rotatable bonds is 15. The van der Waals surface area contributed by atoms with E-state index in [1.807, 2.05) is 0 Å². The highest BCUT2D eigenvalue weighted by Gasteiger charge is 2.21. The molecule has 3 rings (SSSR count). The number of hydrogen-bond acceptors (Lipinski definition) is 2. The minimum atomic E-state index is 0.741. The maximum atomic E-state index is 6.09. The van der Waals surface area contributed by atoms with Gasteiger partial charge < -0.3 is 9.47 Å². The first kappa shape index (κ1) is 26.4. The van der Waals surface area contributed by atoms with Gasteiger partial charge in [0.2, 0.25) is 0 Å². The van der Waals surface area contributed by atoms with Crippen LogP contribution < -0.4 is 9.47 Å². The van der Waals surface area contributed by atoms with E-state index in [1.54, 1.807) is 0 Å². The second-order valence-electron chi connectivity index (χ2n) is 11.2. The molecule has 0 unspecified atom stereocenters. The van der Waals surface area contributed by atoms with Crippen molar-refractivity contribution in [2.24, 2.45) is 23.7 Å². The maximum Gasteiger partial charge on any atom is 0.119 e. The van der Waals surface area contributed by atoms with Gasteiger partial charge in [-0.15, -0.1) is 0 Å². The molecular formula is C31H52O2. The molecule has 2 aliphatic rings. The summed E-state index contributed by atoms with van der Waals surface area (Å²) in [6.45, 7) is 6.33. The Balaban J connectivity index is 1.21. The first-order valence-electron chi connectivity index (χ1n) is 14.6. The average molecular weight is 457 g/mol. The van der Waals surface area contributed by atoms with Crippen LogP contribution in [-0.2, 0) is 0 Å². The molecule has 0 bridgehead atoms. The van der Waals surface area contributed by atoms with Crippen LogP contribution in [0.5, 0.6) is 11.5 Å². The molecule has 0 saturated heterocycles. The molecule has 2 nitrogen and oxygen atoms in total. The molecule has 0 amide bonds. The van der Waals surface area contributed by atoms with E-state index in [4.69, 9.17) is 9.47 Å². The highest BCUT2D eigenvalue weighted by Crippen LogP contribution is 2.34. The van der Waals surface area contributed by atoms with Gasteiger partial charge in [-0.05, 0) is 73.6 Å². The van der Waals surface area contributed by atoms with E-state index < -0.39 is 0 Å². The molecule has 0 aromatic heterocycles. The molecule has 2 saturated carbocycles. The Morgan fingerprint density at radius 2 is 1.06 bits per heavy atom. The van der Waals surface area contributed by atoms with E-state index >= 15 is 0 Å². The van der Waals surface area contributed by atoms with Gasteiger partial charge in [-0.2, -0.15) is 0 Å². The number of unbranched alkanes of at least 4 members (excludes halogenated alkanes) is 3. The smallest absolute Gasteiger partial charge is 0.119 e. The molecule has 0 aliphatic heterocycles. The summed E-state index contributed by atoms with van der Waals surface area (Å²) < 4.78 is 12.1. The van der Waals surface area contributed by atoms with Crippen LogP contribution in [0.1, 0.15) is 123 Å². The van der Waals surface area contributed by atoms with E-state index in [2.05, 4.69) is 38.1 Å². The first-order valence-corrected chi connectivity index (χ1v) is 14.6. The van der Waals surface area contributed by atoms with Crippen LogP contribution in [0.4, 0.5) is 0 Å². The Morgan fingerprint density at radius 1 is 0.545 bits per heavy atom. The zero-order chi connectivity index (χ0) is 23.1. The third-order valence-electron chi connectivity index (χ3n) is 8.43. The fourth-order valence-electron chi connectivity index (χ4n) is 6.17. The predicted octanol–water partition coefficient (Wildman–Crippen LogP) is 9.61. The van der Waals surface area contributed by atoms with Crippen LogP contribution >= 0.6 is 0 Å². The molecule has 1 aromatic carbocycles. The first-order chi connectivity index (χ1) is 16.3. The van der Waals surface area contributed by atoms with Crippen molar-refractivity contribution >= 4 is 0 Å². The number of benzene rings is 1. The van der Waals surface area contributed by atoms with Crippen molar-refractivity contribution in [3.63, 3.8) is 0 Å². The summed E-state index contributed by atoms with van der Waals surface area (Å²) in [5.74, 6) is 5.64. The lowest BCUT2D eigenvalue weighted by Gasteiger charge is -2.28. The van der Waals surface area contributed by atoms with Crippen molar-refractivity contribution in [1.29, 1.82) is 0 Å². The van der Waals surface area contributed by atoms with Crippen LogP contribution in [0.2, 0.25) is 0 Å². The lowest BCUT2D eigenvalue weighted by atomic mass is 9.78.